The van der Waals surface area contributed by atoms with E-state index in [2.05, 4.69) is 21.2 Å². The number of thiophene rings is 1. The van der Waals surface area contributed by atoms with Gasteiger partial charge in [0.05, 0.1) is 11.5 Å². The molecule has 2 aromatic rings. The molecule has 2 rings (SSSR count). The summed E-state index contributed by atoms with van der Waals surface area (Å²) in [4.78, 5) is 11.7. The van der Waals surface area contributed by atoms with Gasteiger partial charge >= 0.3 is 5.69 Å². The summed E-state index contributed by atoms with van der Waals surface area (Å²) in [5, 5.41) is 16.2. The molecule has 0 amide bonds. The van der Waals surface area contributed by atoms with E-state index in [4.69, 9.17) is 4.74 Å². The third-order valence-corrected chi connectivity index (χ3v) is 4.40. The first-order valence-electron chi connectivity index (χ1n) is 6.48. The van der Waals surface area contributed by atoms with Gasteiger partial charge in [-0.25, -0.2) is 0 Å². The van der Waals surface area contributed by atoms with Crippen LogP contribution in [-0.2, 0) is 6.54 Å². The van der Waals surface area contributed by atoms with Crippen molar-refractivity contribution in [1.82, 2.24) is 0 Å². The van der Waals surface area contributed by atoms with Crippen molar-refractivity contribution in [2.75, 3.05) is 11.9 Å². The highest BCUT2D eigenvalue weighted by molar-refractivity contribution is 9.10. The second-order valence-electron chi connectivity index (χ2n) is 4.37. The van der Waals surface area contributed by atoms with Gasteiger partial charge in [0.25, 0.3) is 0 Å². The van der Waals surface area contributed by atoms with Crippen LogP contribution in [0.15, 0.2) is 34.1 Å². The zero-order valence-corrected chi connectivity index (χ0v) is 13.9. The van der Waals surface area contributed by atoms with Gasteiger partial charge in [-0.15, -0.1) is 11.3 Å². The van der Waals surface area contributed by atoms with Crippen molar-refractivity contribution in [2.45, 2.75) is 19.9 Å². The number of rotatable bonds is 7. The highest BCUT2D eigenvalue weighted by atomic mass is 79.9. The van der Waals surface area contributed by atoms with E-state index in [1.165, 1.54) is 10.9 Å². The number of nitrogens with zero attached hydrogens (tertiary/aromatic N) is 1. The zero-order chi connectivity index (χ0) is 15.2. The van der Waals surface area contributed by atoms with Crippen LogP contribution in [0.2, 0.25) is 0 Å². The highest BCUT2D eigenvalue weighted by Gasteiger charge is 2.15. The SMILES string of the molecule is CCCOc1cc(NCc2cc(Br)cs2)ccc1[N+](=O)[O-]. The van der Waals surface area contributed by atoms with E-state index < -0.39 is 4.92 Å². The van der Waals surface area contributed by atoms with Gasteiger partial charge in [0.2, 0.25) is 0 Å². The van der Waals surface area contributed by atoms with E-state index in [0.717, 1.165) is 16.6 Å². The second-order valence-corrected chi connectivity index (χ2v) is 6.28. The number of ether oxygens (including phenoxy) is 1. The van der Waals surface area contributed by atoms with Crippen molar-refractivity contribution in [3.8, 4) is 5.75 Å². The third-order valence-electron chi connectivity index (χ3n) is 2.71. The standard InChI is InChI=1S/C14H15BrN2O3S/c1-2-5-20-14-7-11(3-4-13(14)17(18)19)16-8-12-6-10(15)9-21-12/h3-4,6-7,9,16H,2,5,8H2,1H3. The summed E-state index contributed by atoms with van der Waals surface area (Å²) >= 11 is 5.06. The van der Waals surface area contributed by atoms with Crippen LogP contribution in [0.4, 0.5) is 11.4 Å². The lowest BCUT2D eigenvalue weighted by atomic mass is 10.2. The van der Waals surface area contributed by atoms with E-state index in [1.54, 1.807) is 23.5 Å². The van der Waals surface area contributed by atoms with Gasteiger partial charge in [-0.1, -0.05) is 6.92 Å². The molecule has 0 saturated heterocycles. The summed E-state index contributed by atoms with van der Waals surface area (Å²) in [6.07, 6.45) is 0.804. The summed E-state index contributed by atoms with van der Waals surface area (Å²) in [7, 11) is 0. The van der Waals surface area contributed by atoms with Crippen LogP contribution in [0.25, 0.3) is 0 Å². The molecule has 0 atom stereocenters. The normalized spacial score (nSPS) is 10.4. The average Bonchev–Trinajstić information content (AvgIpc) is 2.88. The van der Waals surface area contributed by atoms with Gasteiger partial charge in [-0.2, -0.15) is 0 Å². The van der Waals surface area contributed by atoms with Crippen LogP contribution >= 0.6 is 27.3 Å². The summed E-state index contributed by atoms with van der Waals surface area (Å²) in [6.45, 7) is 3.09. The molecule has 0 fully saturated rings. The summed E-state index contributed by atoms with van der Waals surface area (Å²) < 4.78 is 6.51. The minimum absolute atomic E-state index is 0.00660. The molecule has 0 spiro atoms. The van der Waals surface area contributed by atoms with Gasteiger partial charge in [0.15, 0.2) is 5.75 Å². The molecular formula is C14H15BrN2O3S. The predicted octanol–water partition coefficient (Wildman–Crippen LogP) is 4.82. The van der Waals surface area contributed by atoms with Crippen molar-refractivity contribution in [2.24, 2.45) is 0 Å². The monoisotopic (exact) mass is 370 g/mol. The first-order valence-corrected chi connectivity index (χ1v) is 8.15. The fraction of sp³-hybridized carbons (Fsp3) is 0.286. The minimum Gasteiger partial charge on any atom is -0.487 e. The quantitative estimate of drug-likeness (QED) is 0.560. The fourth-order valence-corrected chi connectivity index (χ4v) is 3.13. The highest BCUT2D eigenvalue weighted by Crippen LogP contribution is 2.30. The number of nitro benzene ring substituents is 1. The van der Waals surface area contributed by atoms with Crippen LogP contribution in [0.5, 0.6) is 5.75 Å². The van der Waals surface area contributed by atoms with Crippen molar-refractivity contribution in [1.29, 1.82) is 0 Å². The maximum absolute atomic E-state index is 11.0. The molecule has 0 aliphatic carbocycles. The van der Waals surface area contributed by atoms with Gasteiger partial charge in [-0.3, -0.25) is 10.1 Å². The van der Waals surface area contributed by atoms with Crippen LogP contribution in [0.1, 0.15) is 18.2 Å². The first-order chi connectivity index (χ1) is 10.1. The largest absolute Gasteiger partial charge is 0.487 e. The Labute approximate surface area is 135 Å². The fourth-order valence-electron chi connectivity index (χ4n) is 1.74. The lowest BCUT2D eigenvalue weighted by Crippen LogP contribution is -2.02. The molecular weight excluding hydrogens is 356 g/mol. The molecule has 0 bridgehead atoms. The molecule has 0 radical (unpaired) electrons. The maximum atomic E-state index is 11.0. The molecule has 1 aromatic heterocycles. The predicted molar refractivity (Wildman–Crippen MR) is 88.2 cm³/mol. The Morgan fingerprint density at radius 1 is 1.43 bits per heavy atom. The number of hydrogen-bond acceptors (Lipinski definition) is 5. The lowest BCUT2D eigenvalue weighted by molar-refractivity contribution is -0.385. The molecule has 1 heterocycles. The van der Waals surface area contributed by atoms with E-state index in [-0.39, 0.29) is 5.69 Å². The van der Waals surface area contributed by atoms with Crippen molar-refractivity contribution in [3.63, 3.8) is 0 Å². The Balaban J connectivity index is 2.10. The average molecular weight is 371 g/mol. The summed E-state index contributed by atoms with van der Waals surface area (Å²) in [5.41, 5.74) is 0.795. The first kappa shape index (κ1) is 15.8. The number of halogens is 1. The molecule has 5 nitrogen and oxygen atoms in total. The molecule has 1 N–H and O–H groups in total. The Morgan fingerprint density at radius 2 is 2.24 bits per heavy atom. The van der Waals surface area contributed by atoms with Crippen molar-refractivity contribution < 1.29 is 9.66 Å². The Kier molecular flexibility index (Phi) is 5.58. The van der Waals surface area contributed by atoms with Crippen LogP contribution < -0.4 is 10.1 Å². The van der Waals surface area contributed by atoms with E-state index in [0.29, 0.717) is 18.9 Å². The summed E-state index contributed by atoms with van der Waals surface area (Å²) in [6, 6.07) is 6.88. The van der Waals surface area contributed by atoms with Crippen LogP contribution in [0.3, 0.4) is 0 Å². The number of nitro groups is 1. The number of benzene rings is 1. The molecule has 7 heteroatoms. The molecule has 0 unspecified atom stereocenters. The van der Waals surface area contributed by atoms with E-state index in [9.17, 15) is 10.1 Å². The second kappa shape index (κ2) is 7.42. The lowest BCUT2D eigenvalue weighted by Gasteiger charge is -2.09. The maximum Gasteiger partial charge on any atom is 0.311 e. The molecule has 21 heavy (non-hydrogen) atoms. The van der Waals surface area contributed by atoms with Crippen LogP contribution in [0, 0.1) is 10.1 Å². The topological polar surface area (TPSA) is 64.4 Å². The summed E-state index contributed by atoms with van der Waals surface area (Å²) in [5.74, 6) is 0.305. The van der Waals surface area contributed by atoms with Crippen molar-refractivity contribution in [3.05, 3.63) is 49.1 Å². The Hall–Kier alpha value is -1.60. The van der Waals surface area contributed by atoms with Gasteiger partial charge in [0, 0.05) is 39.1 Å². The smallest absolute Gasteiger partial charge is 0.311 e. The Bertz CT molecular complexity index is 630. The van der Waals surface area contributed by atoms with Gasteiger partial charge < -0.3 is 10.1 Å². The molecule has 0 aliphatic heterocycles. The molecule has 112 valence electrons. The van der Waals surface area contributed by atoms with Crippen molar-refractivity contribution >= 4 is 38.6 Å². The molecule has 1 aromatic carbocycles. The van der Waals surface area contributed by atoms with Gasteiger partial charge in [-0.05, 0) is 34.5 Å². The number of hydrogen-bond donors (Lipinski definition) is 1. The third kappa shape index (κ3) is 4.44. The number of anilines is 1. The zero-order valence-electron chi connectivity index (χ0n) is 11.5. The van der Waals surface area contributed by atoms with E-state index >= 15 is 0 Å². The minimum atomic E-state index is -0.425. The number of nitrogens with one attached hydrogen (secondary N) is 1. The van der Waals surface area contributed by atoms with E-state index in [1.807, 2.05) is 18.4 Å². The Morgan fingerprint density at radius 3 is 2.86 bits per heavy atom. The van der Waals surface area contributed by atoms with Gasteiger partial charge in [0.1, 0.15) is 0 Å². The van der Waals surface area contributed by atoms with Crippen LogP contribution in [-0.4, -0.2) is 11.5 Å². The molecule has 0 aliphatic rings. The molecule has 0 saturated carbocycles.